The molecule has 1 aromatic rings. The minimum Gasteiger partial charge on any atom is -0.453 e. The van der Waals surface area contributed by atoms with Gasteiger partial charge in [0.15, 0.2) is 11.5 Å². The van der Waals surface area contributed by atoms with Crippen molar-refractivity contribution in [2.24, 2.45) is 5.73 Å². The maximum absolute atomic E-state index is 6.26. The standard InChI is InChI=1S/C14H20ClNO2/c1-8(2)12-10(9(3)4-5-16)6-11(15)13-14(12)18-7-17-13/h6,8-9H,4-5,7,16H2,1-3H3. The van der Waals surface area contributed by atoms with Crippen molar-refractivity contribution in [1.82, 2.24) is 0 Å². The van der Waals surface area contributed by atoms with E-state index in [1.54, 1.807) is 0 Å². The quantitative estimate of drug-likeness (QED) is 0.907. The second-order valence-corrected chi connectivity index (χ2v) is 5.47. The van der Waals surface area contributed by atoms with Crippen molar-refractivity contribution in [2.75, 3.05) is 13.3 Å². The predicted molar refractivity (Wildman–Crippen MR) is 73.8 cm³/mol. The monoisotopic (exact) mass is 269 g/mol. The number of hydrogen-bond acceptors (Lipinski definition) is 3. The van der Waals surface area contributed by atoms with Crippen molar-refractivity contribution in [3.63, 3.8) is 0 Å². The second kappa shape index (κ2) is 5.37. The van der Waals surface area contributed by atoms with Crippen LogP contribution in [0.3, 0.4) is 0 Å². The molecule has 0 radical (unpaired) electrons. The number of benzene rings is 1. The summed E-state index contributed by atoms with van der Waals surface area (Å²) in [5.74, 6) is 2.24. The molecule has 2 rings (SSSR count). The molecule has 0 fully saturated rings. The third-order valence-electron chi connectivity index (χ3n) is 3.38. The van der Waals surface area contributed by atoms with Gasteiger partial charge in [-0.05, 0) is 36.4 Å². The van der Waals surface area contributed by atoms with Gasteiger partial charge in [0.2, 0.25) is 6.79 Å². The Kier molecular flexibility index (Phi) is 4.03. The van der Waals surface area contributed by atoms with Crippen LogP contribution in [0.15, 0.2) is 6.07 Å². The van der Waals surface area contributed by atoms with Gasteiger partial charge in [-0.25, -0.2) is 0 Å². The Bertz CT molecular complexity index is 446. The highest BCUT2D eigenvalue weighted by Crippen LogP contribution is 2.48. The van der Waals surface area contributed by atoms with Gasteiger partial charge in [0.25, 0.3) is 0 Å². The molecule has 3 nitrogen and oxygen atoms in total. The number of ether oxygens (including phenoxy) is 2. The fourth-order valence-electron chi connectivity index (χ4n) is 2.48. The van der Waals surface area contributed by atoms with Gasteiger partial charge >= 0.3 is 0 Å². The predicted octanol–water partition coefficient (Wildman–Crippen LogP) is 3.64. The van der Waals surface area contributed by atoms with Gasteiger partial charge < -0.3 is 15.2 Å². The number of nitrogens with two attached hydrogens (primary N) is 1. The molecule has 1 aliphatic rings. The SMILES string of the molecule is CC(C)c1c(C(C)CCN)cc(Cl)c2c1OCO2. The van der Waals surface area contributed by atoms with E-state index in [4.69, 9.17) is 26.8 Å². The Morgan fingerprint density at radius 1 is 1.28 bits per heavy atom. The Morgan fingerprint density at radius 2 is 1.94 bits per heavy atom. The van der Waals surface area contributed by atoms with Crippen LogP contribution in [0.25, 0.3) is 0 Å². The van der Waals surface area contributed by atoms with Crippen molar-refractivity contribution in [2.45, 2.75) is 39.0 Å². The topological polar surface area (TPSA) is 44.5 Å². The normalized spacial score (nSPS) is 15.2. The maximum Gasteiger partial charge on any atom is 0.231 e. The molecular formula is C14H20ClNO2. The lowest BCUT2D eigenvalue weighted by Crippen LogP contribution is -2.08. The van der Waals surface area contributed by atoms with E-state index in [1.807, 2.05) is 6.07 Å². The fourth-order valence-corrected chi connectivity index (χ4v) is 2.73. The minimum atomic E-state index is 0.253. The third kappa shape index (κ3) is 2.29. The molecule has 0 aliphatic carbocycles. The molecule has 0 amide bonds. The molecule has 2 N–H and O–H groups in total. The Balaban J connectivity index is 2.55. The number of rotatable bonds is 4. The van der Waals surface area contributed by atoms with Gasteiger partial charge in [0, 0.05) is 5.56 Å². The first-order chi connectivity index (χ1) is 8.56. The van der Waals surface area contributed by atoms with Crippen LogP contribution in [-0.2, 0) is 0 Å². The number of fused-ring (bicyclic) bond motifs is 1. The summed E-state index contributed by atoms with van der Waals surface area (Å²) in [7, 11) is 0. The smallest absolute Gasteiger partial charge is 0.231 e. The highest BCUT2D eigenvalue weighted by molar-refractivity contribution is 6.32. The molecule has 0 aromatic heterocycles. The van der Waals surface area contributed by atoms with Crippen molar-refractivity contribution >= 4 is 11.6 Å². The molecule has 0 bridgehead atoms. The maximum atomic E-state index is 6.26. The van der Waals surface area contributed by atoms with Gasteiger partial charge in [0.1, 0.15) is 0 Å². The van der Waals surface area contributed by atoms with Crippen molar-refractivity contribution in [1.29, 1.82) is 0 Å². The van der Waals surface area contributed by atoms with Crippen molar-refractivity contribution in [3.05, 3.63) is 22.2 Å². The van der Waals surface area contributed by atoms with E-state index in [0.717, 1.165) is 12.2 Å². The van der Waals surface area contributed by atoms with E-state index in [2.05, 4.69) is 20.8 Å². The van der Waals surface area contributed by atoms with Crippen LogP contribution in [0, 0.1) is 0 Å². The Hall–Kier alpha value is -0.930. The highest BCUT2D eigenvalue weighted by Gasteiger charge is 2.27. The van der Waals surface area contributed by atoms with Gasteiger partial charge in [-0.1, -0.05) is 32.4 Å². The van der Waals surface area contributed by atoms with Gasteiger partial charge in [-0.2, -0.15) is 0 Å². The summed E-state index contributed by atoms with van der Waals surface area (Å²) in [6, 6.07) is 2.00. The minimum absolute atomic E-state index is 0.253. The molecule has 1 unspecified atom stereocenters. The first-order valence-electron chi connectivity index (χ1n) is 6.38. The fraction of sp³-hybridized carbons (Fsp3) is 0.571. The first-order valence-corrected chi connectivity index (χ1v) is 6.76. The first kappa shape index (κ1) is 13.5. The summed E-state index contributed by atoms with van der Waals surface area (Å²) in [4.78, 5) is 0. The van der Waals surface area contributed by atoms with Crippen LogP contribution in [0.4, 0.5) is 0 Å². The zero-order valence-corrected chi connectivity index (χ0v) is 11.9. The molecule has 0 spiro atoms. The van der Waals surface area contributed by atoms with E-state index in [0.29, 0.717) is 29.2 Å². The average molecular weight is 270 g/mol. The van der Waals surface area contributed by atoms with Crippen LogP contribution >= 0.6 is 11.6 Å². The number of halogens is 1. The van der Waals surface area contributed by atoms with Crippen LogP contribution in [0.2, 0.25) is 5.02 Å². The van der Waals surface area contributed by atoms with Crippen LogP contribution in [-0.4, -0.2) is 13.3 Å². The summed E-state index contributed by atoms with van der Waals surface area (Å²) in [5.41, 5.74) is 8.08. The molecule has 1 heterocycles. The zero-order chi connectivity index (χ0) is 13.3. The summed E-state index contributed by atoms with van der Waals surface area (Å²) in [6.45, 7) is 7.41. The van der Waals surface area contributed by atoms with Crippen molar-refractivity contribution in [3.8, 4) is 11.5 Å². The number of hydrogen-bond donors (Lipinski definition) is 1. The summed E-state index contributed by atoms with van der Waals surface area (Å²) in [5, 5.41) is 0.630. The summed E-state index contributed by atoms with van der Waals surface area (Å²) in [6.07, 6.45) is 0.940. The van der Waals surface area contributed by atoms with E-state index < -0.39 is 0 Å². The molecule has 0 saturated carbocycles. The lowest BCUT2D eigenvalue weighted by molar-refractivity contribution is 0.173. The molecule has 1 aromatic carbocycles. The van der Waals surface area contributed by atoms with E-state index in [9.17, 15) is 0 Å². The summed E-state index contributed by atoms with van der Waals surface area (Å²) >= 11 is 6.26. The van der Waals surface area contributed by atoms with Gasteiger partial charge in [-0.15, -0.1) is 0 Å². The van der Waals surface area contributed by atoms with Crippen molar-refractivity contribution < 1.29 is 9.47 Å². The second-order valence-electron chi connectivity index (χ2n) is 5.06. The van der Waals surface area contributed by atoms with E-state index >= 15 is 0 Å². The lowest BCUT2D eigenvalue weighted by Gasteiger charge is -2.20. The summed E-state index contributed by atoms with van der Waals surface area (Å²) < 4.78 is 11.0. The molecule has 4 heteroatoms. The molecule has 0 saturated heterocycles. The average Bonchev–Trinajstić information content (AvgIpc) is 2.77. The van der Waals surface area contributed by atoms with Crippen LogP contribution in [0.1, 0.15) is 50.2 Å². The zero-order valence-electron chi connectivity index (χ0n) is 11.1. The highest BCUT2D eigenvalue weighted by atomic mass is 35.5. The Morgan fingerprint density at radius 3 is 2.56 bits per heavy atom. The van der Waals surface area contributed by atoms with E-state index in [-0.39, 0.29) is 6.79 Å². The molecule has 18 heavy (non-hydrogen) atoms. The molecule has 1 atom stereocenters. The van der Waals surface area contributed by atoms with E-state index in [1.165, 1.54) is 11.1 Å². The van der Waals surface area contributed by atoms with Gasteiger partial charge in [0.05, 0.1) is 5.02 Å². The molecule has 1 aliphatic heterocycles. The van der Waals surface area contributed by atoms with Crippen LogP contribution < -0.4 is 15.2 Å². The van der Waals surface area contributed by atoms with Gasteiger partial charge in [-0.3, -0.25) is 0 Å². The largest absolute Gasteiger partial charge is 0.453 e. The molecular weight excluding hydrogens is 250 g/mol. The Labute approximate surface area is 113 Å². The van der Waals surface area contributed by atoms with Crippen LogP contribution in [0.5, 0.6) is 11.5 Å². The molecule has 100 valence electrons. The lowest BCUT2D eigenvalue weighted by atomic mass is 9.87. The third-order valence-corrected chi connectivity index (χ3v) is 3.66.